The number of aromatic amines is 1. The highest BCUT2D eigenvalue weighted by molar-refractivity contribution is 7.15. The number of thiophene rings is 1. The predicted octanol–water partition coefficient (Wildman–Crippen LogP) is 2.57. The molecule has 3 aromatic heterocycles. The maximum atomic E-state index is 4.50. The van der Waals surface area contributed by atoms with Crippen molar-refractivity contribution in [3.63, 3.8) is 0 Å². The summed E-state index contributed by atoms with van der Waals surface area (Å²) in [5, 5.41) is 0. The molecule has 5 heteroatoms. The minimum absolute atomic E-state index is 0.739. The standard InChI is InChI=1S/C12H10N4S/c1-2-7-4-10(17-9(7)3-1)12-15-8-5-13-6-14-11(8)16-12/h4-6H,1-3H2,(H,13,14,15,16). The molecule has 1 aliphatic carbocycles. The molecule has 1 N–H and O–H groups in total. The van der Waals surface area contributed by atoms with Gasteiger partial charge >= 0.3 is 0 Å². The van der Waals surface area contributed by atoms with Crippen molar-refractivity contribution in [1.29, 1.82) is 0 Å². The first-order chi connectivity index (χ1) is 8.40. The van der Waals surface area contributed by atoms with Gasteiger partial charge in [0.15, 0.2) is 11.5 Å². The first-order valence-electron chi connectivity index (χ1n) is 5.68. The summed E-state index contributed by atoms with van der Waals surface area (Å²) < 4.78 is 0. The fourth-order valence-corrected chi connectivity index (χ4v) is 3.52. The Morgan fingerprint density at radius 1 is 1.29 bits per heavy atom. The SMILES string of the molecule is c1ncc2[nH]c(-c3cc4c(s3)CCC4)nc2n1. The number of imidazole rings is 1. The molecule has 0 fully saturated rings. The van der Waals surface area contributed by atoms with Crippen LogP contribution in [0.25, 0.3) is 21.9 Å². The van der Waals surface area contributed by atoms with Crippen LogP contribution in [0.3, 0.4) is 0 Å². The van der Waals surface area contributed by atoms with Gasteiger partial charge in [0.05, 0.1) is 11.1 Å². The number of hydrogen-bond acceptors (Lipinski definition) is 4. The molecule has 0 aromatic carbocycles. The van der Waals surface area contributed by atoms with Crippen molar-refractivity contribution in [2.75, 3.05) is 0 Å². The Hall–Kier alpha value is -1.75. The van der Waals surface area contributed by atoms with Gasteiger partial charge < -0.3 is 4.98 Å². The van der Waals surface area contributed by atoms with Crippen LogP contribution >= 0.6 is 11.3 Å². The molecule has 3 aromatic rings. The summed E-state index contributed by atoms with van der Waals surface area (Å²) in [5.74, 6) is 0.917. The number of aromatic nitrogens is 4. The summed E-state index contributed by atoms with van der Waals surface area (Å²) >= 11 is 1.85. The number of nitrogens with one attached hydrogen (secondary N) is 1. The summed E-state index contributed by atoms with van der Waals surface area (Å²) in [6.07, 6.45) is 7.03. The lowest BCUT2D eigenvalue weighted by Gasteiger charge is -1.89. The van der Waals surface area contributed by atoms with Crippen LogP contribution < -0.4 is 0 Å². The summed E-state index contributed by atoms with van der Waals surface area (Å²) in [6.45, 7) is 0. The summed E-state index contributed by atoms with van der Waals surface area (Å²) in [7, 11) is 0. The maximum absolute atomic E-state index is 4.50. The lowest BCUT2D eigenvalue weighted by atomic mass is 10.2. The van der Waals surface area contributed by atoms with E-state index in [1.165, 1.54) is 40.9 Å². The molecule has 0 aliphatic heterocycles. The molecule has 84 valence electrons. The number of H-pyrrole nitrogens is 1. The minimum Gasteiger partial charge on any atom is -0.335 e. The highest BCUT2D eigenvalue weighted by Gasteiger charge is 2.17. The van der Waals surface area contributed by atoms with Crippen molar-refractivity contribution in [3.8, 4) is 10.7 Å². The zero-order valence-electron chi connectivity index (χ0n) is 9.10. The van der Waals surface area contributed by atoms with Crippen LogP contribution in [0.5, 0.6) is 0 Å². The Morgan fingerprint density at radius 3 is 3.18 bits per heavy atom. The Labute approximate surface area is 102 Å². The van der Waals surface area contributed by atoms with E-state index in [0.29, 0.717) is 0 Å². The Balaban J connectivity index is 1.87. The largest absolute Gasteiger partial charge is 0.335 e. The van der Waals surface area contributed by atoms with Crippen LogP contribution in [0.2, 0.25) is 0 Å². The highest BCUT2D eigenvalue weighted by Crippen LogP contribution is 2.35. The second kappa shape index (κ2) is 3.37. The lowest BCUT2D eigenvalue weighted by Crippen LogP contribution is -1.77. The van der Waals surface area contributed by atoms with Crippen molar-refractivity contribution in [3.05, 3.63) is 29.0 Å². The molecule has 0 saturated heterocycles. The third-order valence-electron chi connectivity index (χ3n) is 3.14. The molecule has 4 nitrogen and oxygen atoms in total. The molecule has 0 bridgehead atoms. The van der Waals surface area contributed by atoms with E-state index >= 15 is 0 Å². The smallest absolute Gasteiger partial charge is 0.181 e. The van der Waals surface area contributed by atoms with Gasteiger partial charge in [-0.05, 0) is 30.9 Å². The number of hydrogen-bond donors (Lipinski definition) is 1. The van der Waals surface area contributed by atoms with Gasteiger partial charge in [0.25, 0.3) is 0 Å². The Bertz CT molecular complexity index is 643. The molecular weight excluding hydrogens is 232 g/mol. The molecule has 17 heavy (non-hydrogen) atoms. The fourth-order valence-electron chi connectivity index (χ4n) is 2.32. The average molecular weight is 242 g/mol. The third kappa shape index (κ3) is 1.39. The molecular formula is C12H10N4S. The van der Waals surface area contributed by atoms with E-state index in [0.717, 1.165) is 17.0 Å². The molecule has 0 saturated carbocycles. The van der Waals surface area contributed by atoms with Crippen molar-refractivity contribution >= 4 is 22.5 Å². The van der Waals surface area contributed by atoms with Gasteiger partial charge in [0, 0.05) is 4.88 Å². The Kier molecular flexibility index (Phi) is 1.84. The fraction of sp³-hybridized carbons (Fsp3) is 0.250. The normalized spacial score (nSPS) is 14.4. The van der Waals surface area contributed by atoms with Gasteiger partial charge in [0.2, 0.25) is 0 Å². The van der Waals surface area contributed by atoms with E-state index < -0.39 is 0 Å². The van der Waals surface area contributed by atoms with Gasteiger partial charge in [-0.15, -0.1) is 11.3 Å². The summed E-state index contributed by atoms with van der Waals surface area (Å²) in [4.78, 5) is 18.6. The number of rotatable bonds is 1. The quantitative estimate of drug-likeness (QED) is 0.713. The number of fused-ring (bicyclic) bond motifs is 2. The van der Waals surface area contributed by atoms with Crippen LogP contribution in [0.15, 0.2) is 18.6 Å². The minimum atomic E-state index is 0.739. The van der Waals surface area contributed by atoms with Gasteiger partial charge in [-0.3, -0.25) is 0 Å². The molecule has 3 heterocycles. The molecule has 0 spiro atoms. The average Bonchev–Trinajstić information content (AvgIpc) is 3.01. The molecule has 0 atom stereocenters. The van der Waals surface area contributed by atoms with Crippen LogP contribution in [-0.4, -0.2) is 19.9 Å². The number of nitrogens with zero attached hydrogens (tertiary/aromatic N) is 3. The molecule has 0 unspecified atom stereocenters. The monoisotopic (exact) mass is 242 g/mol. The maximum Gasteiger partial charge on any atom is 0.181 e. The van der Waals surface area contributed by atoms with E-state index in [1.54, 1.807) is 6.20 Å². The van der Waals surface area contributed by atoms with E-state index in [-0.39, 0.29) is 0 Å². The van der Waals surface area contributed by atoms with Gasteiger partial charge in [-0.1, -0.05) is 0 Å². The van der Waals surface area contributed by atoms with Crippen molar-refractivity contribution in [2.24, 2.45) is 0 Å². The van der Waals surface area contributed by atoms with E-state index in [9.17, 15) is 0 Å². The third-order valence-corrected chi connectivity index (χ3v) is 4.39. The summed E-state index contributed by atoms with van der Waals surface area (Å²) in [6, 6.07) is 2.26. The van der Waals surface area contributed by atoms with Crippen LogP contribution in [0.4, 0.5) is 0 Å². The van der Waals surface area contributed by atoms with Crippen molar-refractivity contribution in [2.45, 2.75) is 19.3 Å². The Morgan fingerprint density at radius 2 is 2.29 bits per heavy atom. The molecule has 0 radical (unpaired) electrons. The highest BCUT2D eigenvalue weighted by atomic mass is 32.1. The van der Waals surface area contributed by atoms with Crippen LogP contribution in [0, 0.1) is 0 Å². The number of aryl methyl sites for hydroxylation is 2. The zero-order valence-corrected chi connectivity index (χ0v) is 9.92. The molecule has 1 aliphatic rings. The lowest BCUT2D eigenvalue weighted by molar-refractivity contribution is 0.915. The van der Waals surface area contributed by atoms with Gasteiger partial charge in [0.1, 0.15) is 11.8 Å². The van der Waals surface area contributed by atoms with E-state index in [4.69, 9.17) is 0 Å². The van der Waals surface area contributed by atoms with Crippen LogP contribution in [0.1, 0.15) is 16.9 Å². The molecule has 4 rings (SSSR count). The molecule has 0 amide bonds. The second-order valence-electron chi connectivity index (χ2n) is 4.26. The summed E-state index contributed by atoms with van der Waals surface area (Å²) in [5.41, 5.74) is 3.14. The van der Waals surface area contributed by atoms with Crippen LogP contribution in [-0.2, 0) is 12.8 Å². The van der Waals surface area contributed by atoms with Crippen molar-refractivity contribution < 1.29 is 0 Å². The van der Waals surface area contributed by atoms with Gasteiger partial charge in [-0.2, -0.15) is 0 Å². The first kappa shape index (κ1) is 9.30. The van der Waals surface area contributed by atoms with Crippen molar-refractivity contribution in [1.82, 2.24) is 19.9 Å². The second-order valence-corrected chi connectivity index (χ2v) is 5.39. The topological polar surface area (TPSA) is 54.5 Å². The zero-order chi connectivity index (χ0) is 11.2. The van der Waals surface area contributed by atoms with E-state index in [1.807, 2.05) is 11.3 Å². The first-order valence-corrected chi connectivity index (χ1v) is 6.49. The predicted molar refractivity (Wildman–Crippen MR) is 67.0 cm³/mol. The van der Waals surface area contributed by atoms with E-state index in [2.05, 4.69) is 26.0 Å². The van der Waals surface area contributed by atoms with Gasteiger partial charge in [-0.25, -0.2) is 15.0 Å².